The van der Waals surface area contributed by atoms with Crippen LogP contribution in [0.3, 0.4) is 0 Å². The smallest absolute Gasteiger partial charge is 0.187 e. The van der Waals surface area contributed by atoms with Crippen molar-refractivity contribution in [2.45, 2.75) is 171 Å². The monoisotopic (exact) mass is 776 g/mol. The first-order valence-electron chi connectivity index (χ1n) is 18.6. The van der Waals surface area contributed by atoms with Crippen molar-refractivity contribution in [2.75, 3.05) is 19.8 Å². The van der Waals surface area contributed by atoms with E-state index in [4.69, 9.17) is 28.4 Å². The summed E-state index contributed by atoms with van der Waals surface area (Å²) in [7, 11) is 0. The quantitative estimate of drug-likeness (QED) is 0.0749. The molecule has 3 fully saturated rings. The molecule has 10 N–H and O–H groups in total. The van der Waals surface area contributed by atoms with Crippen LogP contribution >= 0.6 is 0 Å². The van der Waals surface area contributed by atoms with Crippen LogP contribution in [0.5, 0.6) is 0 Å². The van der Waals surface area contributed by atoms with Gasteiger partial charge < -0.3 is 79.5 Å². The molecular formula is C38H64O16. The summed E-state index contributed by atoms with van der Waals surface area (Å²) in [6.45, 7) is 12.1. The average Bonchev–Trinajstić information content (AvgIpc) is 3.14. The van der Waals surface area contributed by atoms with Crippen LogP contribution in [0.25, 0.3) is 0 Å². The number of aliphatic hydroxyl groups excluding tert-OH is 10. The van der Waals surface area contributed by atoms with Gasteiger partial charge in [-0.05, 0) is 73.1 Å². The number of hydrogen-bond acceptors (Lipinski definition) is 16. The van der Waals surface area contributed by atoms with E-state index in [0.29, 0.717) is 12.8 Å². The Hall–Kier alpha value is -1.68. The van der Waals surface area contributed by atoms with E-state index < -0.39 is 111 Å². The lowest BCUT2D eigenvalue weighted by atomic mass is 9.95. The summed E-state index contributed by atoms with van der Waals surface area (Å²) in [4.78, 5) is 0. The van der Waals surface area contributed by atoms with Crippen LogP contribution in [0.1, 0.15) is 73.1 Å². The van der Waals surface area contributed by atoms with Crippen molar-refractivity contribution < 1.29 is 79.5 Å². The lowest BCUT2D eigenvalue weighted by Crippen LogP contribution is -2.64. The fraction of sp³-hybridized carbons (Fsp3) is 0.789. The van der Waals surface area contributed by atoms with Crippen LogP contribution < -0.4 is 0 Å². The summed E-state index contributed by atoms with van der Waals surface area (Å²) < 4.78 is 34.0. The van der Waals surface area contributed by atoms with E-state index in [1.54, 1.807) is 13.0 Å². The average molecular weight is 777 g/mol. The minimum Gasteiger partial charge on any atom is -0.394 e. The third-order valence-corrected chi connectivity index (χ3v) is 10.3. The molecule has 0 aliphatic carbocycles. The zero-order valence-electron chi connectivity index (χ0n) is 32.0. The highest BCUT2D eigenvalue weighted by molar-refractivity contribution is 5.07. The molecule has 0 bridgehead atoms. The van der Waals surface area contributed by atoms with Crippen LogP contribution in [0.4, 0.5) is 0 Å². The molecule has 0 saturated carbocycles. The molecule has 16 atom stereocenters. The maximum absolute atomic E-state index is 11.0. The summed E-state index contributed by atoms with van der Waals surface area (Å²) in [5, 5.41) is 102. The van der Waals surface area contributed by atoms with Gasteiger partial charge in [-0.3, -0.25) is 0 Å². The Balaban J connectivity index is 1.42. The van der Waals surface area contributed by atoms with Gasteiger partial charge in [-0.25, -0.2) is 0 Å². The molecule has 312 valence electrons. The molecule has 0 radical (unpaired) electrons. The highest BCUT2D eigenvalue weighted by Crippen LogP contribution is 2.33. The Bertz CT molecular complexity index is 1240. The van der Waals surface area contributed by atoms with Crippen molar-refractivity contribution >= 4 is 0 Å². The number of aliphatic hydroxyl groups is 10. The van der Waals surface area contributed by atoms with E-state index in [1.165, 1.54) is 18.1 Å². The van der Waals surface area contributed by atoms with E-state index in [0.717, 1.165) is 31.3 Å². The zero-order valence-corrected chi connectivity index (χ0v) is 32.0. The Labute approximate surface area is 317 Å². The van der Waals surface area contributed by atoms with Gasteiger partial charge in [0.05, 0.1) is 31.5 Å². The second-order valence-electron chi connectivity index (χ2n) is 14.9. The van der Waals surface area contributed by atoms with Crippen LogP contribution in [-0.2, 0) is 28.4 Å². The number of hydrogen-bond donors (Lipinski definition) is 10. The molecule has 16 heteroatoms. The molecular weight excluding hydrogens is 712 g/mol. The summed E-state index contributed by atoms with van der Waals surface area (Å²) in [5.41, 5.74) is 2.33. The molecule has 0 aromatic heterocycles. The summed E-state index contributed by atoms with van der Waals surface area (Å²) >= 11 is 0. The second kappa shape index (κ2) is 21.7. The minimum atomic E-state index is -1.66. The van der Waals surface area contributed by atoms with E-state index in [-0.39, 0.29) is 6.61 Å². The van der Waals surface area contributed by atoms with Gasteiger partial charge in [-0.2, -0.15) is 0 Å². The molecule has 3 aliphatic rings. The van der Waals surface area contributed by atoms with Crippen molar-refractivity contribution in [1.29, 1.82) is 0 Å². The maximum Gasteiger partial charge on any atom is 0.187 e. The second-order valence-corrected chi connectivity index (χ2v) is 14.9. The van der Waals surface area contributed by atoms with Gasteiger partial charge >= 0.3 is 0 Å². The normalized spacial score (nSPS) is 39.7. The largest absolute Gasteiger partial charge is 0.394 e. The molecule has 0 spiro atoms. The minimum absolute atomic E-state index is 0.154. The molecule has 54 heavy (non-hydrogen) atoms. The molecule has 0 aromatic carbocycles. The first-order valence-corrected chi connectivity index (χ1v) is 18.6. The van der Waals surface area contributed by atoms with Gasteiger partial charge in [-0.15, -0.1) is 6.58 Å². The SMILES string of the molecule is C=CC(C)(CCC=C(C)CCC=C(C)CCC=C(C)COC1OC(CO)C(O)C(O)C1O)OC1OC(CO)C(OC2OC(C)C(O)C(O)C2O)C(O)C1O. The molecule has 3 saturated heterocycles. The predicted molar refractivity (Wildman–Crippen MR) is 193 cm³/mol. The maximum atomic E-state index is 11.0. The highest BCUT2D eigenvalue weighted by atomic mass is 16.7. The summed E-state index contributed by atoms with van der Waals surface area (Å²) in [5.74, 6) is 0. The Morgan fingerprint density at radius 3 is 1.74 bits per heavy atom. The molecule has 3 heterocycles. The van der Waals surface area contributed by atoms with Gasteiger partial charge in [0.2, 0.25) is 0 Å². The topological polar surface area (TPSA) is 258 Å². The van der Waals surface area contributed by atoms with Crippen LogP contribution in [0.2, 0.25) is 0 Å². The van der Waals surface area contributed by atoms with E-state index in [9.17, 15) is 51.1 Å². The third kappa shape index (κ3) is 12.7. The summed E-state index contributed by atoms with van der Waals surface area (Å²) in [6, 6.07) is 0. The fourth-order valence-corrected chi connectivity index (χ4v) is 6.45. The molecule has 0 amide bonds. The van der Waals surface area contributed by atoms with Crippen molar-refractivity contribution in [1.82, 2.24) is 0 Å². The number of rotatable bonds is 19. The highest BCUT2D eigenvalue weighted by Gasteiger charge is 2.51. The Morgan fingerprint density at radius 2 is 1.15 bits per heavy atom. The van der Waals surface area contributed by atoms with Crippen molar-refractivity contribution in [3.63, 3.8) is 0 Å². The first kappa shape index (κ1) is 46.7. The standard InChI is InChI=1S/C38H64O16/c1-7-38(6,54-37-33(48)30(45)34(25(18-40)52-37)53-36-32(47)28(43)26(41)23(5)50-36)16-10-15-21(3)12-8-11-20(2)13-9-14-22(4)19-49-35-31(46)29(44)27(42)24(17-39)51-35/h7,11,14-15,23-37,39-48H,1,8-10,12-13,16-19H2,2-6H3. The first-order chi connectivity index (χ1) is 25.5. The van der Waals surface area contributed by atoms with E-state index in [1.807, 2.05) is 19.9 Å². The van der Waals surface area contributed by atoms with E-state index in [2.05, 4.69) is 25.7 Å². The van der Waals surface area contributed by atoms with Gasteiger partial charge in [0.1, 0.15) is 67.1 Å². The number of allylic oxidation sites excluding steroid dienone is 5. The van der Waals surface area contributed by atoms with Gasteiger partial charge in [0.15, 0.2) is 18.9 Å². The third-order valence-electron chi connectivity index (χ3n) is 10.3. The van der Waals surface area contributed by atoms with Gasteiger partial charge in [-0.1, -0.05) is 41.0 Å². The zero-order chi connectivity index (χ0) is 40.3. The van der Waals surface area contributed by atoms with Crippen molar-refractivity contribution in [3.8, 4) is 0 Å². The van der Waals surface area contributed by atoms with Gasteiger partial charge in [0, 0.05) is 0 Å². The number of ether oxygens (including phenoxy) is 6. The lowest BCUT2D eigenvalue weighted by Gasteiger charge is -2.47. The molecule has 16 nitrogen and oxygen atoms in total. The fourth-order valence-electron chi connectivity index (χ4n) is 6.45. The summed E-state index contributed by atoms with van der Waals surface area (Å²) in [6.07, 6.45) is -8.31. The molecule has 3 aliphatic heterocycles. The van der Waals surface area contributed by atoms with Crippen molar-refractivity contribution in [2.24, 2.45) is 0 Å². The van der Waals surface area contributed by atoms with Crippen molar-refractivity contribution in [3.05, 3.63) is 47.6 Å². The van der Waals surface area contributed by atoms with E-state index >= 15 is 0 Å². The van der Waals surface area contributed by atoms with Crippen LogP contribution in [0.15, 0.2) is 47.6 Å². The molecule has 0 aromatic rings. The molecule has 3 rings (SSSR count). The lowest BCUT2D eigenvalue weighted by molar-refractivity contribution is -0.363. The predicted octanol–water partition coefficient (Wildman–Crippen LogP) is -0.405. The van der Waals surface area contributed by atoms with Crippen LogP contribution in [-0.4, -0.2) is 169 Å². The Kier molecular flexibility index (Phi) is 18.8. The Morgan fingerprint density at radius 1 is 0.630 bits per heavy atom. The van der Waals surface area contributed by atoms with Gasteiger partial charge in [0.25, 0.3) is 0 Å². The van der Waals surface area contributed by atoms with Crippen LogP contribution in [0, 0.1) is 0 Å². The molecule has 16 unspecified atom stereocenters.